The van der Waals surface area contributed by atoms with Crippen molar-refractivity contribution in [3.63, 3.8) is 0 Å². The average molecular weight is 201 g/mol. The van der Waals surface area contributed by atoms with E-state index in [2.05, 4.69) is 15.0 Å². The molecule has 0 bridgehead atoms. The van der Waals surface area contributed by atoms with E-state index in [0.717, 1.165) is 0 Å². The van der Waals surface area contributed by atoms with Crippen LogP contribution in [0, 0.1) is 0 Å². The van der Waals surface area contributed by atoms with Crippen LogP contribution in [0.25, 0.3) is 16.1 Å². The van der Waals surface area contributed by atoms with Crippen LogP contribution in [-0.4, -0.2) is 9.38 Å². The molecule has 0 aromatic carbocycles. The van der Waals surface area contributed by atoms with Gasteiger partial charge in [-0.1, -0.05) is 11.2 Å². The van der Waals surface area contributed by atoms with E-state index in [-0.39, 0.29) is 12.1 Å². The van der Waals surface area contributed by atoms with Gasteiger partial charge in [-0.05, 0) is 17.7 Å². The fraction of sp³-hybridized carbons (Fsp3) is 0.111. The Kier molecular flexibility index (Phi) is 2.35. The van der Waals surface area contributed by atoms with Gasteiger partial charge in [0.25, 0.3) is 5.56 Å². The van der Waals surface area contributed by atoms with E-state index in [4.69, 9.17) is 5.53 Å². The number of azide groups is 1. The zero-order valence-electron chi connectivity index (χ0n) is 7.74. The molecule has 6 nitrogen and oxygen atoms in total. The van der Waals surface area contributed by atoms with E-state index in [0.29, 0.717) is 11.3 Å². The molecular formula is C9H7N5O. The van der Waals surface area contributed by atoms with Gasteiger partial charge in [-0.15, -0.1) is 0 Å². The summed E-state index contributed by atoms with van der Waals surface area (Å²) >= 11 is 0. The largest absolute Gasteiger partial charge is 0.269 e. The van der Waals surface area contributed by atoms with Crippen molar-refractivity contribution in [2.24, 2.45) is 5.11 Å². The molecule has 0 atom stereocenters. The lowest BCUT2D eigenvalue weighted by Gasteiger charge is -2.00. The van der Waals surface area contributed by atoms with Crippen molar-refractivity contribution < 1.29 is 0 Å². The molecule has 2 rings (SSSR count). The SMILES string of the molecule is [N-]=[N+]=NCc1cc(=O)n2ccccc2n1. The molecule has 2 heterocycles. The predicted octanol–water partition coefficient (Wildman–Crippen LogP) is 1.50. The van der Waals surface area contributed by atoms with E-state index in [1.54, 1.807) is 24.4 Å². The van der Waals surface area contributed by atoms with Crippen molar-refractivity contribution in [2.45, 2.75) is 6.54 Å². The van der Waals surface area contributed by atoms with Gasteiger partial charge in [0.05, 0.1) is 12.2 Å². The summed E-state index contributed by atoms with van der Waals surface area (Å²) in [4.78, 5) is 18.3. The molecular weight excluding hydrogens is 194 g/mol. The number of aromatic nitrogens is 2. The second-order valence-electron chi connectivity index (χ2n) is 2.90. The average Bonchev–Trinajstić information content (AvgIpc) is 2.26. The summed E-state index contributed by atoms with van der Waals surface area (Å²) in [7, 11) is 0. The highest BCUT2D eigenvalue weighted by Crippen LogP contribution is 1.99. The van der Waals surface area contributed by atoms with Crippen molar-refractivity contribution >= 4 is 5.65 Å². The third kappa shape index (κ3) is 1.79. The normalized spacial score (nSPS) is 9.87. The van der Waals surface area contributed by atoms with Crippen molar-refractivity contribution in [1.82, 2.24) is 9.38 Å². The van der Waals surface area contributed by atoms with Crippen LogP contribution in [0.3, 0.4) is 0 Å². The summed E-state index contributed by atoms with van der Waals surface area (Å²) < 4.78 is 1.43. The number of nitrogens with zero attached hydrogens (tertiary/aromatic N) is 5. The van der Waals surface area contributed by atoms with E-state index in [1.807, 2.05) is 0 Å². The third-order valence-corrected chi connectivity index (χ3v) is 1.92. The molecule has 0 radical (unpaired) electrons. The second kappa shape index (κ2) is 3.81. The first kappa shape index (κ1) is 9.23. The van der Waals surface area contributed by atoms with Gasteiger partial charge in [0.15, 0.2) is 0 Å². The topological polar surface area (TPSA) is 83.1 Å². The summed E-state index contributed by atoms with van der Waals surface area (Å²) in [6.07, 6.45) is 1.64. The van der Waals surface area contributed by atoms with E-state index in [1.165, 1.54) is 10.5 Å². The van der Waals surface area contributed by atoms with Crippen LogP contribution in [-0.2, 0) is 6.54 Å². The molecule has 0 spiro atoms. The van der Waals surface area contributed by atoms with Gasteiger partial charge in [0, 0.05) is 17.2 Å². The maximum atomic E-state index is 11.6. The number of hydrogen-bond donors (Lipinski definition) is 0. The Bertz CT molecular complexity index is 597. The minimum atomic E-state index is -0.177. The second-order valence-corrected chi connectivity index (χ2v) is 2.90. The highest BCUT2D eigenvalue weighted by atomic mass is 16.1. The Balaban J connectivity index is 2.62. The van der Waals surface area contributed by atoms with Gasteiger partial charge in [0.1, 0.15) is 5.65 Å². The summed E-state index contributed by atoms with van der Waals surface area (Å²) in [5.41, 5.74) is 9.01. The molecule has 74 valence electrons. The maximum absolute atomic E-state index is 11.6. The van der Waals surface area contributed by atoms with Gasteiger partial charge in [-0.3, -0.25) is 9.20 Å². The molecule has 0 aliphatic heterocycles. The lowest BCUT2D eigenvalue weighted by Crippen LogP contribution is -2.14. The number of fused-ring (bicyclic) bond motifs is 1. The number of hydrogen-bond acceptors (Lipinski definition) is 3. The maximum Gasteiger partial charge on any atom is 0.258 e. The molecule has 0 N–H and O–H groups in total. The Labute approximate surface area is 84.4 Å². The zero-order valence-corrected chi connectivity index (χ0v) is 7.74. The molecule has 0 saturated heterocycles. The van der Waals surface area contributed by atoms with Crippen LogP contribution in [0.15, 0.2) is 40.4 Å². The molecule has 15 heavy (non-hydrogen) atoms. The summed E-state index contributed by atoms with van der Waals surface area (Å²) in [5, 5.41) is 3.36. The van der Waals surface area contributed by atoms with E-state index in [9.17, 15) is 4.79 Å². The Morgan fingerprint density at radius 2 is 2.40 bits per heavy atom. The predicted molar refractivity (Wildman–Crippen MR) is 54.3 cm³/mol. The molecule has 0 unspecified atom stereocenters. The molecule has 6 heteroatoms. The van der Waals surface area contributed by atoms with Crippen molar-refractivity contribution in [2.75, 3.05) is 0 Å². The summed E-state index contributed by atoms with van der Waals surface area (Å²) in [6, 6.07) is 6.63. The minimum Gasteiger partial charge on any atom is -0.269 e. The van der Waals surface area contributed by atoms with Crippen LogP contribution in [0.1, 0.15) is 5.69 Å². The fourth-order valence-corrected chi connectivity index (χ4v) is 1.29. The minimum absolute atomic E-state index is 0.0944. The highest BCUT2D eigenvalue weighted by molar-refractivity contribution is 5.37. The Hall–Kier alpha value is -2.33. The first-order chi connectivity index (χ1) is 7.31. The summed E-state index contributed by atoms with van der Waals surface area (Å²) in [5.74, 6) is 0. The van der Waals surface area contributed by atoms with Gasteiger partial charge in [0.2, 0.25) is 0 Å². The quantitative estimate of drug-likeness (QED) is 0.419. The van der Waals surface area contributed by atoms with Crippen LogP contribution in [0.4, 0.5) is 0 Å². The molecule has 0 aliphatic carbocycles. The van der Waals surface area contributed by atoms with E-state index >= 15 is 0 Å². The van der Waals surface area contributed by atoms with Crippen LogP contribution >= 0.6 is 0 Å². The molecule has 0 fully saturated rings. The summed E-state index contributed by atoms with van der Waals surface area (Å²) in [6.45, 7) is 0.0944. The fourth-order valence-electron chi connectivity index (χ4n) is 1.29. The lowest BCUT2D eigenvalue weighted by atomic mass is 10.4. The van der Waals surface area contributed by atoms with Crippen molar-refractivity contribution in [3.05, 3.63) is 57.0 Å². The molecule has 0 amide bonds. The molecule has 0 aliphatic rings. The first-order valence-corrected chi connectivity index (χ1v) is 4.29. The standard InChI is InChI=1S/C9H7N5O/c10-13-11-6-7-5-9(15)14-4-2-1-3-8(14)12-7/h1-5H,6H2. The zero-order chi connectivity index (χ0) is 10.7. The van der Waals surface area contributed by atoms with Crippen molar-refractivity contribution in [3.8, 4) is 0 Å². The molecule has 2 aromatic heterocycles. The van der Waals surface area contributed by atoms with Crippen LogP contribution in [0.5, 0.6) is 0 Å². The van der Waals surface area contributed by atoms with Gasteiger partial charge in [-0.2, -0.15) is 0 Å². The first-order valence-electron chi connectivity index (χ1n) is 4.29. The lowest BCUT2D eigenvalue weighted by molar-refractivity contribution is 0.935. The number of rotatable bonds is 2. The van der Waals surface area contributed by atoms with Gasteiger partial charge >= 0.3 is 0 Å². The molecule has 2 aromatic rings. The van der Waals surface area contributed by atoms with Crippen molar-refractivity contribution in [1.29, 1.82) is 0 Å². The van der Waals surface area contributed by atoms with E-state index < -0.39 is 0 Å². The third-order valence-electron chi connectivity index (χ3n) is 1.92. The van der Waals surface area contributed by atoms with Crippen LogP contribution in [0.2, 0.25) is 0 Å². The monoisotopic (exact) mass is 201 g/mol. The Morgan fingerprint density at radius 1 is 1.53 bits per heavy atom. The van der Waals surface area contributed by atoms with Crippen LogP contribution < -0.4 is 5.56 Å². The van der Waals surface area contributed by atoms with Gasteiger partial charge in [-0.25, -0.2) is 4.98 Å². The smallest absolute Gasteiger partial charge is 0.258 e. The number of pyridine rings is 1. The van der Waals surface area contributed by atoms with Gasteiger partial charge < -0.3 is 0 Å². The highest BCUT2D eigenvalue weighted by Gasteiger charge is 1.99. The Morgan fingerprint density at radius 3 is 3.20 bits per heavy atom. The molecule has 0 saturated carbocycles.